The van der Waals surface area contributed by atoms with E-state index >= 15 is 0 Å². The van der Waals surface area contributed by atoms with Crippen LogP contribution in [0.25, 0.3) is 10.8 Å². The molecule has 0 aliphatic heterocycles. The summed E-state index contributed by atoms with van der Waals surface area (Å²) in [5, 5.41) is 73.5. The number of nitrogen functional groups attached to an aromatic ring is 1. The molecule has 0 aromatic heterocycles. The zero-order valence-corrected chi connectivity index (χ0v) is 33.4. The number of sulfone groups is 2. The van der Waals surface area contributed by atoms with Crippen LogP contribution in [0.1, 0.15) is 15.9 Å². The number of phenols is 1. The van der Waals surface area contributed by atoms with Crippen LogP contribution in [0, 0.1) is 6.92 Å². The number of aryl methyl sites for hydroxylation is 1. The SMILES string of the molecule is COc1cc(S(=O)(=O)CCOSOOO)c(C)cc1N=Nc1c(SOOO)cc2c(N=Nc3ccc(S(=O)(=O)CCOSOOO)cc3C(=O)O)c(N)ccc2c1O. The molecular formula is C29H29N5O19S5. The minimum Gasteiger partial charge on any atom is -0.505 e. The lowest BCUT2D eigenvalue weighted by molar-refractivity contribution is -0.434. The van der Waals surface area contributed by atoms with Gasteiger partial charge >= 0.3 is 5.97 Å². The Hall–Kier alpha value is -4.28. The number of aromatic hydroxyl groups is 1. The number of nitrogens with zero attached hydrogens (tertiary/aromatic N) is 4. The van der Waals surface area contributed by atoms with Crippen molar-refractivity contribution >= 4 is 102 Å². The van der Waals surface area contributed by atoms with E-state index in [1.807, 2.05) is 0 Å². The van der Waals surface area contributed by atoms with Crippen molar-refractivity contribution in [1.29, 1.82) is 0 Å². The Morgan fingerprint density at radius 2 is 1.38 bits per heavy atom. The molecule has 4 aromatic carbocycles. The molecule has 0 aliphatic rings. The van der Waals surface area contributed by atoms with Gasteiger partial charge in [-0.05, 0) is 55.0 Å². The Morgan fingerprint density at radius 3 is 2.00 bits per heavy atom. The summed E-state index contributed by atoms with van der Waals surface area (Å²) in [5.74, 6) is -3.18. The zero-order chi connectivity index (χ0) is 42.5. The topological polar surface area (TPSA) is 345 Å². The van der Waals surface area contributed by atoms with Crippen LogP contribution in [0.4, 0.5) is 28.4 Å². The number of azo groups is 2. The third-order valence-electron chi connectivity index (χ3n) is 7.36. The molecule has 0 fully saturated rings. The van der Waals surface area contributed by atoms with E-state index in [0.717, 1.165) is 18.2 Å². The zero-order valence-electron chi connectivity index (χ0n) is 29.3. The Bertz CT molecular complexity index is 2390. The Morgan fingerprint density at radius 1 is 0.759 bits per heavy atom. The number of ether oxygens (including phenoxy) is 1. The molecule has 0 aliphatic carbocycles. The molecule has 0 heterocycles. The van der Waals surface area contributed by atoms with Gasteiger partial charge in [0.15, 0.2) is 50.1 Å². The average Bonchev–Trinajstić information content (AvgIpc) is 3.19. The number of methoxy groups -OCH3 is 1. The van der Waals surface area contributed by atoms with Crippen LogP contribution in [0.3, 0.4) is 0 Å². The summed E-state index contributed by atoms with van der Waals surface area (Å²) in [6.07, 6.45) is 0. The highest BCUT2D eigenvalue weighted by molar-refractivity contribution is 7.94. The third kappa shape index (κ3) is 11.9. The minimum atomic E-state index is -4.07. The molecule has 0 radical (unpaired) electrons. The van der Waals surface area contributed by atoms with Gasteiger partial charge in [-0.1, -0.05) is 15.1 Å². The second-order valence-corrected chi connectivity index (χ2v) is 16.7. The maximum absolute atomic E-state index is 13.0. The quantitative estimate of drug-likeness (QED) is 0.0109. The lowest BCUT2D eigenvalue weighted by Crippen LogP contribution is -2.12. The smallest absolute Gasteiger partial charge is 0.338 e. The molecule has 7 N–H and O–H groups in total. The second-order valence-electron chi connectivity index (χ2n) is 10.8. The molecule has 0 saturated heterocycles. The van der Waals surface area contributed by atoms with Crippen molar-refractivity contribution in [1.82, 2.24) is 0 Å². The van der Waals surface area contributed by atoms with Gasteiger partial charge in [0.2, 0.25) is 0 Å². The summed E-state index contributed by atoms with van der Waals surface area (Å²) in [6.45, 7) is 0.738. The van der Waals surface area contributed by atoms with Crippen LogP contribution in [0.5, 0.6) is 11.5 Å². The largest absolute Gasteiger partial charge is 0.505 e. The number of carboxylic acid groups (broad SMARTS) is 1. The number of carboxylic acids is 1. The lowest BCUT2D eigenvalue weighted by Gasteiger charge is -2.13. The highest BCUT2D eigenvalue weighted by Crippen LogP contribution is 2.48. The minimum absolute atomic E-state index is 0.00194. The number of hydrogen-bond donors (Lipinski definition) is 6. The first kappa shape index (κ1) is 46.4. The Labute approximate surface area is 339 Å². The number of phenolic OH excluding ortho intramolecular Hbond substituents is 1. The van der Waals surface area contributed by atoms with Crippen LogP contribution < -0.4 is 10.5 Å². The van der Waals surface area contributed by atoms with E-state index in [9.17, 15) is 31.8 Å². The second kappa shape index (κ2) is 21.6. The number of anilines is 1. The number of aromatic carboxylic acids is 1. The molecule has 58 heavy (non-hydrogen) atoms. The molecule has 0 amide bonds. The Kier molecular flexibility index (Phi) is 17.3. The summed E-state index contributed by atoms with van der Waals surface area (Å²) in [7, 11) is -6.75. The Balaban J connectivity index is 1.72. The van der Waals surface area contributed by atoms with Gasteiger partial charge < -0.3 is 20.7 Å². The normalized spacial score (nSPS) is 12.3. The fourth-order valence-electron chi connectivity index (χ4n) is 4.80. The molecule has 4 aromatic rings. The number of rotatable bonds is 23. The number of nitrogens with two attached hydrogens (primary N) is 1. The van der Waals surface area contributed by atoms with Crippen molar-refractivity contribution in [2.75, 3.05) is 37.6 Å². The van der Waals surface area contributed by atoms with E-state index in [4.69, 9.17) is 34.6 Å². The molecule has 0 saturated carbocycles. The van der Waals surface area contributed by atoms with Gasteiger partial charge in [0.05, 0.1) is 69.8 Å². The van der Waals surface area contributed by atoms with Gasteiger partial charge in [-0.2, -0.15) is 0 Å². The number of fused-ring (bicyclic) bond motifs is 1. The van der Waals surface area contributed by atoms with Crippen LogP contribution in [-0.2, 0) is 56.2 Å². The van der Waals surface area contributed by atoms with Crippen molar-refractivity contribution in [3.8, 4) is 11.5 Å². The van der Waals surface area contributed by atoms with Gasteiger partial charge in [-0.25, -0.2) is 37.4 Å². The van der Waals surface area contributed by atoms with E-state index in [-0.39, 0.29) is 96.5 Å². The van der Waals surface area contributed by atoms with Crippen molar-refractivity contribution in [3.05, 3.63) is 59.7 Å². The fourth-order valence-corrected chi connectivity index (χ4v) is 8.40. The van der Waals surface area contributed by atoms with Gasteiger partial charge in [0.25, 0.3) is 0 Å². The van der Waals surface area contributed by atoms with E-state index in [1.54, 1.807) is 0 Å². The van der Waals surface area contributed by atoms with Gasteiger partial charge in [0, 0.05) is 16.8 Å². The number of carbonyl (C=O) groups is 1. The molecule has 314 valence electrons. The van der Waals surface area contributed by atoms with Gasteiger partial charge in [-0.15, -0.1) is 33.5 Å². The maximum atomic E-state index is 13.0. The summed E-state index contributed by atoms with van der Waals surface area (Å²) in [5.41, 5.74) is 5.32. The van der Waals surface area contributed by atoms with Crippen molar-refractivity contribution in [3.63, 3.8) is 0 Å². The van der Waals surface area contributed by atoms with E-state index in [2.05, 4.69) is 48.6 Å². The molecule has 0 atom stereocenters. The molecule has 29 heteroatoms. The molecule has 24 nitrogen and oxygen atoms in total. The summed E-state index contributed by atoms with van der Waals surface area (Å²) in [6, 6.07) is 9.74. The van der Waals surface area contributed by atoms with E-state index in [0.29, 0.717) is 12.0 Å². The number of hydrogen-bond acceptors (Lipinski definition) is 26. The predicted molar refractivity (Wildman–Crippen MR) is 201 cm³/mol. The first-order valence-electron chi connectivity index (χ1n) is 15.3. The average molecular weight is 912 g/mol. The number of benzene rings is 4. The molecular weight excluding hydrogens is 883 g/mol. The van der Waals surface area contributed by atoms with Crippen molar-refractivity contribution < 1.29 is 88.8 Å². The lowest BCUT2D eigenvalue weighted by atomic mass is 10.1. The fraction of sp³-hybridized carbons (Fsp3) is 0.207. The van der Waals surface area contributed by atoms with Crippen molar-refractivity contribution in [2.45, 2.75) is 21.6 Å². The van der Waals surface area contributed by atoms with Crippen LogP contribution in [0.15, 0.2) is 83.7 Å². The van der Waals surface area contributed by atoms with Gasteiger partial charge in [0.1, 0.15) is 28.5 Å². The highest BCUT2D eigenvalue weighted by Gasteiger charge is 2.23. The molecule has 0 spiro atoms. The highest BCUT2D eigenvalue weighted by atomic mass is 32.2. The standard InChI is InChI=1S/C29H29N5O19S5/c1-15-11-22(23(45-2)14-25(15)58(43,44)10-8-47-56-53-50-40)32-34-27-24(54-51-48-38)13-18-17(28(27)35)4-5-20(30)26(18)33-31-21-6-3-16(12-19(21)29(36)37)57(41,42)9-7-46-55-52-49-39/h3-6,11-14,35,38-40H,7-10,30H2,1-2H3,(H,36,37). The van der Waals surface area contributed by atoms with Crippen LogP contribution in [-0.4, -0.2) is 80.6 Å². The van der Waals surface area contributed by atoms with E-state index in [1.165, 1.54) is 44.4 Å². The first-order chi connectivity index (χ1) is 27.7. The monoisotopic (exact) mass is 911 g/mol. The summed E-state index contributed by atoms with van der Waals surface area (Å²) >= 11 is 0.751. The van der Waals surface area contributed by atoms with Crippen LogP contribution in [0.2, 0.25) is 0 Å². The van der Waals surface area contributed by atoms with Crippen molar-refractivity contribution in [2.24, 2.45) is 20.5 Å². The summed E-state index contributed by atoms with van der Waals surface area (Å²) < 4.78 is 79.2. The first-order valence-corrected chi connectivity index (χ1v) is 20.7. The third-order valence-corrected chi connectivity index (χ3v) is 12.2. The van der Waals surface area contributed by atoms with Gasteiger partial charge in [-0.3, -0.25) is 8.37 Å². The maximum Gasteiger partial charge on any atom is 0.338 e. The van der Waals surface area contributed by atoms with Crippen LogP contribution >= 0.6 is 36.7 Å². The predicted octanol–water partition coefficient (Wildman–Crippen LogP) is 6.95. The molecule has 0 bridgehead atoms. The summed E-state index contributed by atoms with van der Waals surface area (Å²) in [4.78, 5) is 11.6. The van der Waals surface area contributed by atoms with E-state index < -0.39 is 55.1 Å². The molecule has 4 rings (SSSR count). The molecule has 0 unspecified atom stereocenters.